The summed E-state index contributed by atoms with van der Waals surface area (Å²) in [5, 5.41) is 20.1. The molecule has 0 bridgehead atoms. The number of aliphatic hydroxyl groups is 1. The molecule has 5 rings (SSSR count). The van der Waals surface area contributed by atoms with E-state index in [-0.39, 0.29) is 22.3 Å². The van der Waals surface area contributed by atoms with E-state index in [0.29, 0.717) is 51.5 Å². The van der Waals surface area contributed by atoms with Crippen molar-refractivity contribution in [2.75, 3.05) is 18.1 Å². The Kier molecular flexibility index (Phi) is 10.3. The van der Waals surface area contributed by atoms with E-state index < -0.39 is 17.7 Å². The van der Waals surface area contributed by atoms with Gasteiger partial charge in [-0.15, -0.1) is 10.2 Å². The summed E-state index contributed by atoms with van der Waals surface area (Å²) in [5.41, 5.74) is 1.41. The van der Waals surface area contributed by atoms with Gasteiger partial charge in [-0.05, 0) is 66.4 Å². The van der Waals surface area contributed by atoms with Gasteiger partial charge < -0.3 is 14.6 Å². The maximum Gasteiger partial charge on any atom is 0.301 e. The quantitative estimate of drug-likeness (QED) is 0.0402. The predicted octanol–water partition coefficient (Wildman–Crippen LogP) is 7.56. The molecule has 2 heterocycles. The molecule has 0 aliphatic carbocycles. The minimum absolute atomic E-state index is 0.0624. The van der Waals surface area contributed by atoms with Crippen LogP contribution in [-0.4, -0.2) is 40.2 Å². The van der Waals surface area contributed by atoms with Gasteiger partial charge in [-0.2, -0.15) is 0 Å². The lowest BCUT2D eigenvalue weighted by molar-refractivity contribution is -0.132. The molecule has 0 spiro atoms. The first-order valence-corrected chi connectivity index (χ1v) is 16.2. The van der Waals surface area contributed by atoms with Crippen LogP contribution in [-0.2, 0) is 15.3 Å². The van der Waals surface area contributed by atoms with E-state index in [9.17, 15) is 19.1 Å². The second-order valence-corrected chi connectivity index (χ2v) is 12.2. The number of anilines is 1. The third-order valence-corrected chi connectivity index (χ3v) is 9.02. The van der Waals surface area contributed by atoms with Crippen LogP contribution >= 0.6 is 23.1 Å². The molecule has 1 aromatic heterocycles. The number of nitrogens with zero attached hydrogens (tertiary/aromatic N) is 3. The summed E-state index contributed by atoms with van der Waals surface area (Å²) < 4.78 is 26.1. The van der Waals surface area contributed by atoms with E-state index in [1.54, 1.807) is 66.7 Å². The second-order valence-electron chi connectivity index (χ2n) is 10.0. The van der Waals surface area contributed by atoms with Gasteiger partial charge in [0, 0.05) is 11.3 Å². The number of halogens is 1. The third kappa shape index (κ3) is 6.95. The van der Waals surface area contributed by atoms with Gasteiger partial charge in [0.2, 0.25) is 5.13 Å². The fraction of sp³-hybridized carbons (Fsp3) is 0.273. The Labute approximate surface area is 263 Å². The van der Waals surface area contributed by atoms with Gasteiger partial charge in [0.15, 0.2) is 4.34 Å². The lowest BCUT2D eigenvalue weighted by Gasteiger charge is -2.22. The first-order chi connectivity index (χ1) is 21.4. The van der Waals surface area contributed by atoms with E-state index >= 15 is 0 Å². The maximum absolute atomic E-state index is 14.1. The number of hydrogen-bond acceptors (Lipinski definition) is 9. The fourth-order valence-electron chi connectivity index (χ4n) is 4.62. The topological polar surface area (TPSA) is 102 Å². The molecule has 1 amide bonds. The zero-order chi connectivity index (χ0) is 31.1. The second kappa shape index (κ2) is 14.5. The van der Waals surface area contributed by atoms with Crippen LogP contribution in [0.5, 0.6) is 11.5 Å². The Morgan fingerprint density at radius 3 is 2.30 bits per heavy atom. The van der Waals surface area contributed by atoms with Crippen molar-refractivity contribution in [2.24, 2.45) is 0 Å². The van der Waals surface area contributed by atoms with Crippen molar-refractivity contribution >= 4 is 45.7 Å². The number of aromatic nitrogens is 2. The van der Waals surface area contributed by atoms with E-state index in [0.717, 1.165) is 30.6 Å². The number of unbranched alkanes of at least 4 members (excludes halogenated alkanes) is 1. The van der Waals surface area contributed by atoms with Crippen molar-refractivity contribution in [3.8, 4) is 11.5 Å². The number of ketones is 1. The van der Waals surface area contributed by atoms with Crippen molar-refractivity contribution in [1.82, 2.24) is 10.2 Å². The van der Waals surface area contributed by atoms with E-state index in [1.807, 2.05) is 6.92 Å². The standard InChI is InChI=1S/C33H32FN3O5S2/c1-3-5-19-42-25-16-12-22(13-17-25)29(38)27-28(21-10-14-24(15-11-21)41-18-4-2)37(31(40)30(27)39)32-35-36-33(44-32)43-20-23-8-6-7-9-26(23)34/h6-17,28,38H,3-5,18-20H2,1-2H3/b29-27+. The number of carbonyl (C=O) groups is 2. The number of thioether (sulfide) groups is 1. The highest BCUT2D eigenvalue weighted by atomic mass is 32.2. The summed E-state index contributed by atoms with van der Waals surface area (Å²) in [6, 6.07) is 19.3. The zero-order valence-electron chi connectivity index (χ0n) is 24.4. The number of rotatable bonds is 13. The summed E-state index contributed by atoms with van der Waals surface area (Å²) in [7, 11) is 0. The molecule has 11 heteroatoms. The summed E-state index contributed by atoms with van der Waals surface area (Å²) >= 11 is 2.40. The number of hydrogen-bond donors (Lipinski definition) is 1. The number of carbonyl (C=O) groups excluding carboxylic acids is 2. The Morgan fingerprint density at radius 1 is 0.932 bits per heavy atom. The van der Waals surface area contributed by atoms with Gasteiger partial charge in [-0.3, -0.25) is 14.5 Å². The monoisotopic (exact) mass is 633 g/mol. The van der Waals surface area contributed by atoms with Crippen LogP contribution in [0.2, 0.25) is 0 Å². The Bertz CT molecular complexity index is 1640. The van der Waals surface area contributed by atoms with Gasteiger partial charge in [0.25, 0.3) is 5.78 Å². The largest absolute Gasteiger partial charge is 0.507 e. The van der Waals surface area contributed by atoms with Gasteiger partial charge >= 0.3 is 5.91 Å². The average Bonchev–Trinajstić information content (AvgIpc) is 3.61. The minimum atomic E-state index is -0.965. The third-order valence-electron chi connectivity index (χ3n) is 6.92. The van der Waals surface area contributed by atoms with Crippen LogP contribution in [0.15, 0.2) is 82.7 Å². The molecule has 8 nitrogen and oxygen atoms in total. The number of benzene rings is 3. The molecule has 44 heavy (non-hydrogen) atoms. The van der Waals surface area contributed by atoms with Crippen LogP contribution in [0.4, 0.5) is 9.52 Å². The normalized spacial score (nSPS) is 16.0. The number of ether oxygens (including phenoxy) is 2. The first kappa shape index (κ1) is 31.2. The molecule has 228 valence electrons. The number of amides is 1. The molecular formula is C33H32FN3O5S2. The lowest BCUT2D eigenvalue weighted by Crippen LogP contribution is -2.29. The van der Waals surface area contributed by atoms with Crippen molar-refractivity contribution in [3.05, 3.63) is 101 Å². The van der Waals surface area contributed by atoms with E-state index in [1.165, 1.54) is 22.7 Å². The van der Waals surface area contributed by atoms with Crippen LogP contribution in [0.1, 0.15) is 55.8 Å². The molecule has 1 aliphatic rings. The highest BCUT2D eigenvalue weighted by molar-refractivity contribution is 8.00. The fourth-order valence-corrected chi connectivity index (χ4v) is 6.48. The maximum atomic E-state index is 14.1. The molecule has 3 aromatic carbocycles. The Hall–Kier alpha value is -4.22. The van der Waals surface area contributed by atoms with Crippen molar-refractivity contribution < 1.29 is 28.6 Å². The lowest BCUT2D eigenvalue weighted by atomic mass is 9.95. The van der Waals surface area contributed by atoms with Gasteiger partial charge in [-0.1, -0.05) is 73.7 Å². The SMILES string of the molecule is CCCCOc1ccc(/C(O)=C2\C(=O)C(=O)N(c3nnc(SCc4ccccc4F)s3)C2c2ccc(OCCC)cc2)cc1. The summed E-state index contributed by atoms with van der Waals surface area (Å²) in [6.07, 6.45) is 2.77. The predicted molar refractivity (Wildman–Crippen MR) is 170 cm³/mol. The van der Waals surface area contributed by atoms with E-state index in [2.05, 4.69) is 17.1 Å². The van der Waals surface area contributed by atoms with Gasteiger partial charge in [0.1, 0.15) is 23.1 Å². The molecule has 1 N–H and O–H groups in total. The van der Waals surface area contributed by atoms with Crippen molar-refractivity contribution in [2.45, 2.75) is 49.2 Å². The highest BCUT2D eigenvalue weighted by Gasteiger charge is 2.48. The summed E-state index contributed by atoms with van der Waals surface area (Å²) in [5.74, 6) is -0.677. The van der Waals surface area contributed by atoms with Crippen LogP contribution in [0.3, 0.4) is 0 Å². The molecule has 1 unspecified atom stereocenters. The van der Waals surface area contributed by atoms with Crippen molar-refractivity contribution in [1.29, 1.82) is 0 Å². The summed E-state index contributed by atoms with van der Waals surface area (Å²) in [6.45, 7) is 5.22. The molecule has 0 radical (unpaired) electrons. The number of Topliss-reactive ketones (excluding diaryl/α,β-unsaturated/α-hetero) is 1. The molecule has 0 saturated carbocycles. The van der Waals surface area contributed by atoms with E-state index in [4.69, 9.17) is 9.47 Å². The van der Waals surface area contributed by atoms with Crippen LogP contribution in [0.25, 0.3) is 5.76 Å². The number of aliphatic hydroxyl groups excluding tert-OH is 1. The van der Waals surface area contributed by atoms with Gasteiger partial charge in [0.05, 0.1) is 24.8 Å². The van der Waals surface area contributed by atoms with Crippen molar-refractivity contribution in [3.63, 3.8) is 0 Å². The Morgan fingerprint density at radius 2 is 1.61 bits per heavy atom. The molecule has 1 saturated heterocycles. The van der Waals surface area contributed by atoms with Crippen LogP contribution < -0.4 is 14.4 Å². The molecule has 1 fully saturated rings. The van der Waals surface area contributed by atoms with Gasteiger partial charge in [-0.25, -0.2) is 4.39 Å². The minimum Gasteiger partial charge on any atom is -0.507 e. The smallest absolute Gasteiger partial charge is 0.301 e. The molecular weight excluding hydrogens is 602 g/mol. The zero-order valence-corrected chi connectivity index (χ0v) is 26.0. The summed E-state index contributed by atoms with van der Waals surface area (Å²) in [4.78, 5) is 28.4. The average molecular weight is 634 g/mol. The molecule has 1 atom stereocenters. The first-order valence-electron chi connectivity index (χ1n) is 14.4. The van der Waals surface area contributed by atoms with Crippen LogP contribution in [0, 0.1) is 5.82 Å². The highest BCUT2D eigenvalue weighted by Crippen LogP contribution is 2.44. The molecule has 4 aromatic rings. The molecule has 1 aliphatic heterocycles. The Balaban J connectivity index is 1.49.